The number of carbonyl (C=O) groups excluding carboxylic acids is 2. The van der Waals surface area contributed by atoms with Crippen LogP contribution in [0.5, 0.6) is 0 Å². The number of amides is 2. The van der Waals surface area contributed by atoms with Gasteiger partial charge in [0, 0.05) is 16.8 Å². The van der Waals surface area contributed by atoms with Crippen molar-refractivity contribution in [1.82, 2.24) is 10.2 Å². The zero-order valence-corrected chi connectivity index (χ0v) is 16.2. The molecule has 3 unspecified atom stereocenters. The minimum absolute atomic E-state index is 0.204. The molecule has 164 valence electrons. The summed E-state index contributed by atoms with van der Waals surface area (Å²) in [5.41, 5.74) is 4.98. The lowest BCUT2D eigenvalue weighted by Crippen LogP contribution is -2.63. The number of aliphatic imine (C=N–C) groups is 1. The Kier molecular flexibility index (Phi) is 6.37. The zero-order valence-electron chi connectivity index (χ0n) is 16.2. The van der Waals surface area contributed by atoms with E-state index in [1.54, 1.807) is 30.3 Å². The highest BCUT2D eigenvalue weighted by Crippen LogP contribution is 2.27. The molecule has 0 saturated carbocycles. The summed E-state index contributed by atoms with van der Waals surface area (Å²) in [5, 5.41) is 4.63. The van der Waals surface area contributed by atoms with E-state index in [0.717, 1.165) is 4.90 Å². The maximum Gasteiger partial charge on any atom is 0.432 e. The van der Waals surface area contributed by atoms with Crippen LogP contribution in [-0.2, 0) is 0 Å². The molecule has 11 heteroatoms. The van der Waals surface area contributed by atoms with Crippen LogP contribution in [0, 0.1) is 0 Å². The van der Waals surface area contributed by atoms with Crippen LogP contribution in [0.2, 0.25) is 0 Å². The molecule has 2 amide bonds. The molecule has 0 radical (unpaired) electrons. The van der Waals surface area contributed by atoms with Gasteiger partial charge in [0.1, 0.15) is 0 Å². The van der Waals surface area contributed by atoms with Gasteiger partial charge in [-0.1, -0.05) is 30.3 Å². The first-order chi connectivity index (χ1) is 14.6. The number of nitrogens with two attached hydrogens (primary N) is 1. The Morgan fingerprint density at radius 3 is 2.19 bits per heavy atom. The van der Waals surface area contributed by atoms with E-state index in [2.05, 4.69) is 15.6 Å². The van der Waals surface area contributed by atoms with E-state index in [4.69, 9.17) is 5.73 Å². The third-order valence-electron chi connectivity index (χ3n) is 4.67. The van der Waals surface area contributed by atoms with Crippen LogP contribution in [-0.4, -0.2) is 54.3 Å². The number of halogens is 4. The van der Waals surface area contributed by atoms with Crippen molar-refractivity contribution < 1.29 is 27.2 Å². The van der Waals surface area contributed by atoms with Gasteiger partial charge in [0.15, 0.2) is 24.0 Å². The molecule has 1 aliphatic heterocycles. The average Bonchev–Trinajstić information content (AvgIpc) is 2.74. The Labute approximate surface area is 174 Å². The van der Waals surface area contributed by atoms with Gasteiger partial charge in [-0.15, -0.1) is 0 Å². The fourth-order valence-electron chi connectivity index (χ4n) is 2.93. The summed E-state index contributed by atoms with van der Waals surface area (Å²) >= 11 is 0. The number of urea groups is 1. The SMILES string of the molecule is CN1C(NC(=O)Nc2ccc(C(=O)c3ccccc3)cc2)N=C(C(F)(F)F)C(F)C1N. The molecule has 0 bridgehead atoms. The molecule has 0 spiro atoms. The summed E-state index contributed by atoms with van der Waals surface area (Å²) in [5.74, 6) is -0.204. The predicted octanol–water partition coefficient (Wildman–Crippen LogP) is 2.89. The molecule has 0 saturated heterocycles. The van der Waals surface area contributed by atoms with Crippen molar-refractivity contribution in [2.45, 2.75) is 24.8 Å². The molecule has 31 heavy (non-hydrogen) atoms. The lowest BCUT2D eigenvalue weighted by molar-refractivity contribution is -0.0707. The number of benzene rings is 2. The Morgan fingerprint density at radius 2 is 1.61 bits per heavy atom. The summed E-state index contributed by atoms with van der Waals surface area (Å²) in [6, 6.07) is 13.7. The molecule has 2 aromatic rings. The molecule has 0 aromatic heterocycles. The van der Waals surface area contributed by atoms with Gasteiger partial charge in [-0.3, -0.25) is 4.79 Å². The summed E-state index contributed by atoms with van der Waals surface area (Å²) < 4.78 is 52.8. The molecule has 3 rings (SSSR count). The fraction of sp³-hybridized carbons (Fsp3) is 0.250. The van der Waals surface area contributed by atoms with Crippen molar-refractivity contribution >= 4 is 23.2 Å². The first kappa shape index (κ1) is 22.4. The van der Waals surface area contributed by atoms with E-state index in [0.29, 0.717) is 11.1 Å². The van der Waals surface area contributed by atoms with Gasteiger partial charge in [-0.05, 0) is 31.3 Å². The second-order valence-corrected chi connectivity index (χ2v) is 6.81. The maximum absolute atomic E-state index is 13.9. The van der Waals surface area contributed by atoms with E-state index < -0.39 is 36.5 Å². The van der Waals surface area contributed by atoms with Gasteiger partial charge in [0.05, 0.1) is 6.17 Å². The van der Waals surface area contributed by atoms with Crippen LogP contribution in [0.15, 0.2) is 59.6 Å². The van der Waals surface area contributed by atoms with Crippen LogP contribution in [0.4, 0.5) is 28.0 Å². The smallest absolute Gasteiger partial charge is 0.313 e. The molecule has 4 N–H and O–H groups in total. The van der Waals surface area contributed by atoms with Crippen LogP contribution in [0.1, 0.15) is 15.9 Å². The minimum atomic E-state index is -5.02. The fourth-order valence-corrected chi connectivity index (χ4v) is 2.93. The lowest BCUT2D eigenvalue weighted by Gasteiger charge is -2.37. The maximum atomic E-state index is 13.9. The van der Waals surface area contributed by atoms with E-state index in [1.165, 1.54) is 31.3 Å². The van der Waals surface area contributed by atoms with E-state index in [9.17, 15) is 27.2 Å². The summed E-state index contributed by atoms with van der Waals surface area (Å²) in [7, 11) is 1.24. The number of hydrogen-bond donors (Lipinski definition) is 3. The number of carbonyl (C=O) groups is 2. The summed E-state index contributed by atoms with van der Waals surface area (Å²) in [6.45, 7) is 0. The van der Waals surface area contributed by atoms with Crippen LogP contribution in [0.3, 0.4) is 0 Å². The van der Waals surface area contributed by atoms with Gasteiger partial charge in [0.2, 0.25) is 0 Å². The predicted molar refractivity (Wildman–Crippen MR) is 106 cm³/mol. The Hall–Kier alpha value is -3.31. The number of alkyl halides is 4. The molecular weight excluding hydrogens is 418 g/mol. The van der Waals surface area contributed by atoms with Crippen LogP contribution < -0.4 is 16.4 Å². The van der Waals surface area contributed by atoms with Crippen molar-refractivity contribution in [1.29, 1.82) is 0 Å². The summed E-state index contributed by atoms with van der Waals surface area (Å²) in [4.78, 5) is 28.8. The van der Waals surface area contributed by atoms with E-state index in [1.807, 2.05) is 0 Å². The first-order valence-corrected chi connectivity index (χ1v) is 9.11. The van der Waals surface area contributed by atoms with Crippen molar-refractivity contribution in [3.8, 4) is 0 Å². The van der Waals surface area contributed by atoms with Gasteiger partial charge in [0.25, 0.3) is 0 Å². The van der Waals surface area contributed by atoms with E-state index >= 15 is 0 Å². The van der Waals surface area contributed by atoms with Crippen molar-refractivity contribution in [3.63, 3.8) is 0 Å². The van der Waals surface area contributed by atoms with Gasteiger partial charge in [-0.25, -0.2) is 19.1 Å². The number of nitrogens with one attached hydrogen (secondary N) is 2. The molecule has 0 fully saturated rings. The van der Waals surface area contributed by atoms with E-state index in [-0.39, 0.29) is 11.5 Å². The molecule has 2 aromatic carbocycles. The highest BCUT2D eigenvalue weighted by atomic mass is 19.4. The topological polar surface area (TPSA) is 99.8 Å². The third-order valence-corrected chi connectivity index (χ3v) is 4.67. The minimum Gasteiger partial charge on any atom is -0.313 e. The lowest BCUT2D eigenvalue weighted by atomic mass is 10.0. The normalized spacial score (nSPS) is 21.9. The number of ketones is 1. The molecule has 1 aliphatic rings. The van der Waals surface area contributed by atoms with Gasteiger partial charge >= 0.3 is 12.2 Å². The second-order valence-electron chi connectivity index (χ2n) is 6.81. The first-order valence-electron chi connectivity index (χ1n) is 9.11. The summed E-state index contributed by atoms with van der Waals surface area (Å²) in [6.07, 6.45) is -10.7. The molecule has 7 nitrogen and oxygen atoms in total. The largest absolute Gasteiger partial charge is 0.432 e. The highest BCUT2D eigenvalue weighted by molar-refractivity contribution is 6.09. The van der Waals surface area contributed by atoms with Crippen LogP contribution in [0.25, 0.3) is 0 Å². The molecule has 3 atom stereocenters. The van der Waals surface area contributed by atoms with Gasteiger partial charge in [-0.2, -0.15) is 13.2 Å². The Balaban J connectivity index is 1.68. The highest BCUT2D eigenvalue weighted by Gasteiger charge is 2.48. The third kappa shape index (κ3) is 5.06. The standard InChI is InChI=1S/C20H19F4N5O2/c1-29-17(25)14(21)16(20(22,23)24)27-18(29)28-19(31)26-13-9-7-12(8-10-13)15(30)11-5-3-2-4-6-11/h2-10,14,17-18H,25H2,1H3,(H2,26,28,31). The number of anilines is 1. The number of hydrogen-bond acceptors (Lipinski definition) is 5. The monoisotopic (exact) mass is 437 g/mol. The Morgan fingerprint density at radius 1 is 1.03 bits per heavy atom. The zero-order chi connectivity index (χ0) is 22.8. The van der Waals surface area contributed by atoms with Crippen molar-refractivity contribution in [2.24, 2.45) is 10.7 Å². The molecule has 0 aliphatic carbocycles. The number of rotatable bonds is 4. The van der Waals surface area contributed by atoms with Crippen molar-refractivity contribution in [3.05, 3.63) is 65.7 Å². The van der Waals surface area contributed by atoms with Crippen LogP contribution >= 0.6 is 0 Å². The Bertz CT molecular complexity index is 979. The average molecular weight is 437 g/mol. The second kappa shape index (κ2) is 8.82. The molecule has 1 heterocycles. The molecular formula is C20H19F4N5O2. The number of nitrogens with zero attached hydrogens (tertiary/aromatic N) is 2. The van der Waals surface area contributed by atoms with Gasteiger partial charge < -0.3 is 16.4 Å². The van der Waals surface area contributed by atoms with Crippen molar-refractivity contribution in [2.75, 3.05) is 12.4 Å². The quantitative estimate of drug-likeness (QED) is 0.506.